The molecule has 24 heavy (non-hydrogen) atoms. The van der Waals surface area contributed by atoms with Gasteiger partial charge in [0.05, 0.1) is 6.54 Å². The van der Waals surface area contributed by atoms with Crippen molar-refractivity contribution < 1.29 is 4.79 Å². The molecule has 122 valence electrons. The average molecular weight is 341 g/mol. The monoisotopic (exact) mass is 341 g/mol. The number of nitrogens with zero attached hydrogens (tertiary/aromatic N) is 4. The van der Waals surface area contributed by atoms with Gasteiger partial charge in [-0.05, 0) is 29.7 Å². The van der Waals surface area contributed by atoms with Gasteiger partial charge in [0.2, 0.25) is 5.91 Å². The van der Waals surface area contributed by atoms with E-state index in [4.69, 9.17) is 0 Å². The van der Waals surface area contributed by atoms with E-state index in [0.29, 0.717) is 12.4 Å². The molecule has 3 rings (SSSR count). The van der Waals surface area contributed by atoms with Gasteiger partial charge in [0.1, 0.15) is 0 Å². The predicted octanol–water partition coefficient (Wildman–Crippen LogP) is 1.32. The topological polar surface area (TPSA) is 81.8 Å². The quantitative estimate of drug-likeness (QED) is 0.686. The fourth-order valence-corrected chi connectivity index (χ4v) is 2.63. The molecule has 3 aromatic rings. The molecule has 0 bridgehead atoms. The van der Waals surface area contributed by atoms with E-state index in [0.717, 1.165) is 4.88 Å². The number of rotatable bonds is 6. The first-order valence-corrected chi connectivity index (χ1v) is 8.18. The number of carbonyl (C=O) groups excluding carboxylic acids is 1. The number of nitrogens with one attached hydrogen (secondary N) is 1. The molecule has 8 heteroatoms. The second kappa shape index (κ2) is 7.51. The number of hydrogen-bond acceptors (Lipinski definition) is 5. The Labute approximate surface area is 141 Å². The van der Waals surface area contributed by atoms with E-state index in [1.807, 2.05) is 17.5 Å². The first kappa shape index (κ1) is 15.9. The largest absolute Gasteiger partial charge is 0.351 e. The lowest BCUT2D eigenvalue weighted by Gasteiger charge is -2.07. The van der Waals surface area contributed by atoms with Crippen molar-refractivity contribution in [3.63, 3.8) is 0 Å². The Balaban J connectivity index is 1.57. The van der Waals surface area contributed by atoms with Crippen molar-refractivity contribution in [2.75, 3.05) is 6.54 Å². The van der Waals surface area contributed by atoms with Gasteiger partial charge in [-0.25, -0.2) is 9.36 Å². The van der Waals surface area contributed by atoms with Crippen molar-refractivity contribution in [2.45, 2.75) is 6.54 Å². The van der Waals surface area contributed by atoms with Crippen molar-refractivity contribution in [1.82, 2.24) is 24.9 Å². The van der Waals surface area contributed by atoms with Gasteiger partial charge in [-0.3, -0.25) is 9.59 Å². The molecule has 0 saturated heterocycles. The van der Waals surface area contributed by atoms with Crippen LogP contribution in [0.3, 0.4) is 0 Å². The highest BCUT2D eigenvalue weighted by Gasteiger charge is 2.03. The lowest BCUT2D eigenvalue weighted by molar-refractivity contribution is -0.116. The van der Waals surface area contributed by atoms with Gasteiger partial charge in [0.15, 0.2) is 5.82 Å². The zero-order chi connectivity index (χ0) is 16.8. The van der Waals surface area contributed by atoms with Gasteiger partial charge in [-0.1, -0.05) is 6.07 Å². The third kappa shape index (κ3) is 4.05. The predicted molar refractivity (Wildman–Crippen MR) is 92.0 cm³/mol. The second-order valence-corrected chi connectivity index (χ2v) is 5.82. The number of carbonyl (C=O) groups is 1. The molecular formula is C16H15N5O2S. The summed E-state index contributed by atoms with van der Waals surface area (Å²) in [5, 5.41) is 13.0. The molecule has 3 heterocycles. The summed E-state index contributed by atoms with van der Waals surface area (Å²) in [4.78, 5) is 24.6. The van der Waals surface area contributed by atoms with Gasteiger partial charge >= 0.3 is 0 Å². The van der Waals surface area contributed by atoms with Gasteiger partial charge in [0.25, 0.3) is 5.56 Å². The molecule has 1 N–H and O–H groups in total. The van der Waals surface area contributed by atoms with Gasteiger partial charge < -0.3 is 5.32 Å². The molecule has 0 atom stereocenters. The van der Waals surface area contributed by atoms with Gasteiger partial charge in [-0.2, -0.15) is 5.10 Å². The number of thiophene rings is 1. The molecule has 3 aromatic heterocycles. The van der Waals surface area contributed by atoms with Gasteiger partial charge in [-0.15, -0.1) is 16.4 Å². The summed E-state index contributed by atoms with van der Waals surface area (Å²) in [6.07, 6.45) is 6.61. The van der Waals surface area contributed by atoms with E-state index in [1.54, 1.807) is 46.6 Å². The number of aromatic nitrogens is 4. The first-order valence-electron chi connectivity index (χ1n) is 7.30. The number of hydrogen-bond donors (Lipinski definition) is 1. The fourth-order valence-electron chi connectivity index (χ4n) is 2.01. The van der Waals surface area contributed by atoms with Crippen LogP contribution in [0.2, 0.25) is 0 Å². The standard InChI is InChI=1S/C16H15N5O2S/c22-15(6-4-13-3-1-12-24-13)17-9-11-21-16(23)7-5-14(19-21)20-10-2-8-18-20/h1-8,10,12H,9,11H2,(H,17,22)/b6-4+. The van der Waals surface area contributed by atoms with E-state index in [-0.39, 0.29) is 18.0 Å². The van der Waals surface area contributed by atoms with Crippen molar-refractivity contribution in [1.29, 1.82) is 0 Å². The Morgan fingerprint density at radius 1 is 1.29 bits per heavy atom. The van der Waals surface area contributed by atoms with Crippen molar-refractivity contribution in [2.24, 2.45) is 0 Å². The van der Waals surface area contributed by atoms with E-state index >= 15 is 0 Å². The van der Waals surface area contributed by atoms with Crippen molar-refractivity contribution in [3.8, 4) is 5.82 Å². The second-order valence-electron chi connectivity index (χ2n) is 4.84. The molecule has 0 unspecified atom stereocenters. The molecule has 0 radical (unpaired) electrons. The SMILES string of the molecule is O=C(/C=C/c1cccs1)NCCn1nc(-n2cccn2)ccc1=O. The third-order valence-electron chi connectivity index (χ3n) is 3.16. The van der Waals surface area contributed by atoms with Crippen LogP contribution in [0, 0.1) is 0 Å². The molecule has 0 aliphatic rings. The average Bonchev–Trinajstić information content (AvgIpc) is 3.28. The molecule has 0 aliphatic carbocycles. The molecule has 0 aliphatic heterocycles. The van der Waals surface area contributed by atoms with Crippen LogP contribution in [0.1, 0.15) is 4.88 Å². The summed E-state index contributed by atoms with van der Waals surface area (Å²) >= 11 is 1.56. The molecule has 1 amide bonds. The van der Waals surface area contributed by atoms with Crippen LogP contribution in [-0.4, -0.2) is 32.0 Å². The van der Waals surface area contributed by atoms with Crippen LogP contribution in [0.15, 0.2) is 59.0 Å². The molecule has 7 nitrogen and oxygen atoms in total. The molecule has 0 fully saturated rings. The van der Waals surface area contributed by atoms with Crippen LogP contribution < -0.4 is 10.9 Å². The van der Waals surface area contributed by atoms with E-state index in [2.05, 4.69) is 15.5 Å². The van der Waals surface area contributed by atoms with E-state index in [1.165, 1.54) is 16.8 Å². The first-order chi connectivity index (χ1) is 11.7. The van der Waals surface area contributed by atoms with Crippen LogP contribution in [0.4, 0.5) is 0 Å². The Morgan fingerprint density at radius 3 is 2.96 bits per heavy atom. The Kier molecular flexibility index (Phi) is 4.97. The summed E-state index contributed by atoms with van der Waals surface area (Å²) in [5.74, 6) is 0.336. The van der Waals surface area contributed by atoms with Crippen molar-refractivity contribution in [3.05, 3.63) is 69.4 Å². The van der Waals surface area contributed by atoms with Crippen molar-refractivity contribution >= 4 is 23.3 Å². The van der Waals surface area contributed by atoms with Crippen LogP contribution in [-0.2, 0) is 11.3 Å². The minimum absolute atomic E-state index is 0.209. The summed E-state index contributed by atoms with van der Waals surface area (Å²) in [6, 6.07) is 8.67. The maximum Gasteiger partial charge on any atom is 0.266 e. The fraction of sp³-hybridized carbons (Fsp3) is 0.125. The zero-order valence-electron chi connectivity index (χ0n) is 12.7. The van der Waals surface area contributed by atoms with Crippen LogP contribution in [0.5, 0.6) is 0 Å². The number of amides is 1. The van der Waals surface area contributed by atoms with E-state index < -0.39 is 0 Å². The lowest BCUT2D eigenvalue weighted by atomic mass is 10.4. The van der Waals surface area contributed by atoms with Crippen LogP contribution in [0.25, 0.3) is 11.9 Å². The maximum absolute atomic E-state index is 11.8. The zero-order valence-corrected chi connectivity index (χ0v) is 13.5. The van der Waals surface area contributed by atoms with Crippen LogP contribution >= 0.6 is 11.3 Å². The minimum atomic E-state index is -0.228. The Hall–Kier alpha value is -3.00. The Bertz CT molecular complexity index is 882. The molecular weight excluding hydrogens is 326 g/mol. The molecule has 0 spiro atoms. The summed E-state index contributed by atoms with van der Waals surface area (Å²) in [5.41, 5.74) is -0.228. The summed E-state index contributed by atoms with van der Waals surface area (Å²) in [6.45, 7) is 0.593. The molecule has 0 aromatic carbocycles. The molecule has 0 saturated carbocycles. The summed E-state index contributed by atoms with van der Waals surface area (Å²) in [7, 11) is 0. The summed E-state index contributed by atoms with van der Waals surface area (Å²) < 4.78 is 2.87. The van der Waals surface area contributed by atoms with E-state index in [9.17, 15) is 9.59 Å². The lowest BCUT2D eigenvalue weighted by Crippen LogP contribution is -2.31. The highest BCUT2D eigenvalue weighted by Crippen LogP contribution is 2.09. The highest BCUT2D eigenvalue weighted by atomic mass is 32.1. The van der Waals surface area contributed by atoms with Gasteiger partial charge in [0, 0.05) is 36.0 Å². The minimum Gasteiger partial charge on any atom is -0.351 e. The normalized spacial score (nSPS) is 11.0. The maximum atomic E-state index is 11.8. The highest BCUT2D eigenvalue weighted by molar-refractivity contribution is 7.10. The smallest absolute Gasteiger partial charge is 0.266 e. The third-order valence-corrected chi connectivity index (χ3v) is 3.99. The Morgan fingerprint density at radius 2 is 2.21 bits per heavy atom.